The molecule has 31 atom stereocenters. The molecule has 0 amide bonds. The zero-order chi connectivity index (χ0) is 64.3. The maximum Gasteiger partial charge on any atom is 0.335 e. The van der Waals surface area contributed by atoms with Crippen LogP contribution in [0.5, 0.6) is 0 Å². The van der Waals surface area contributed by atoms with E-state index in [0.717, 1.165) is 5.57 Å². The highest BCUT2D eigenvalue weighted by molar-refractivity contribution is 5.87. The van der Waals surface area contributed by atoms with Crippen molar-refractivity contribution in [2.45, 2.75) is 262 Å². The summed E-state index contributed by atoms with van der Waals surface area (Å²) in [4.78, 5) is 39.7. The molecule has 0 aromatic rings. The topological polar surface area (TPSA) is 427 Å². The summed E-state index contributed by atoms with van der Waals surface area (Å²) in [7, 11) is 0. The number of carbonyl (C=O) groups excluding carboxylic acids is 2. The van der Waals surface area contributed by atoms with Crippen LogP contribution in [0.2, 0.25) is 0 Å². The first-order valence-electron chi connectivity index (χ1n) is 30.4. The van der Waals surface area contributed by atoms with Crippen molar-refractivity contribution in [3.05, 3.63) is 23.3 Å². The van der Waals surface area contributed by atoms with E-state index in [9.17, 15) is 85.9 Å². The molecular weight excluding hydrogens is 1150 g/mol. The van der Waals surface area contributed by atoms with Crippen molar-refractivity contribution in [2.24, 2.45) is 50.2 Å². The standard InChI is InChI=1S/C60H94O27/c1-12-23(2)50(77)87-47-48(80-25(4)63)60(22-62)27(19-55(47,5)6)26-13-14-31-57(9)17-16-32(56(7,8)30(57)15-18-58(31,10)59(26,11)45(73)46(60)74)82-54-44(86-52-39(71)37(69)35(67)29(20-61)81-52)41(40(72)42(84-54)49(75)76)83-53-43(34(66)28(64)21-78-53)85-51-38(70)36(68)33(65)24(3)79-51/h12-13,24,27-48,51-54,61-62,64-74H,14-22H2,1-11H3,(H,75,76)/b23-12-/t24-,27?,28-,29+,30?,31?,32-,33-,34-,35-,36+,37-,38+,39+,40-,41-,42-,43+,44+,45-,46+,47-,48-,51-,52-,53-,54+,57-,58+,59-,60-/m0/s1. The first-order valence-corrected chi connectivity index (χ1v) is 30.4. The van der Waals surface area contributed by atoms with Gasteiger partial charge in [-0.25, -0.2) is 9.59 Å². The van der Waals surface area contributed by atoms with Gasteiger partial charge in [0.15, 0.2) is 37.4 Å². The molecule has 27 nitrogen and oxygen atoms in total. The SMILES string of the molecule is C/C=C(/C)C(=O)O[C@H]1[C@H](OC(C)=O)[C@@]2(CO)C(CC1(C)C)C1=CCC3[C@@]4(C)CC[C@H](O[C@@H]5O[C@H](C(=O)O)[C@@H](O)[C@H](O[C@@H]6OC[C@H](O)[C@H](O)[C@H]6O[C@@H]6O[C@@H](C)[C@H](O)[C@@H](O)[C@H]6O)[C@H]5O[C@@H]5O[C@H](CO)[C@H](O)[C@H](O)[C@H]5O)C(C)(C)C4CC[C@@]3(C)[C@]1(C)[C@@H](O)[C@H]2O. The Morgan fingerprint density at radius 2 is 1.28 bits per heavy atom. The van der Waals surface area contributed by atoms with E-state index in [-0.39, 0.29) is 24.7 Å². The van der Waals surface area contributed by atoms with Crippen molar-refractivity contribution >= 4 is 17.9 Å². The Balaban J connectivity index is 1.05. The summed E-state index contributed by atoms with van der Waals surface area (Å²) < 4.78 is 61.1. The van der Waals surface area contributed by atoms with Gasteiger partial charge in [0.05, 0.1) is 49.7 Å². The van der Waals surface area contributed by atoms with Crippen LogP contribution in [0, 0.1) is 50.2 Å². The van der Waals surface area contributed by atoms with Gasteiger partial charge in [-0.2, -0.15) is 0 Å². The Hall–Kier alpha value is -2.95. The summed E-state index contributed by atoms with van der Waals surface area (Å²) in [5.41, 5.74) is -4.82. The molecule has 9 rings (SSSR count). The van der Waals surface area contributed by atoms with Crippen LogP contribution in [0.1, 0.15) is 115 Å². The molecule has 4 saturated heterocycles. The number of carboxylic acids is 1. The molecule has 0 radical (unpaired) electrons. The minimum Gasteiger partial charge on any atom is -0.479 e. The van der Waals surface area contributed by atoms with Gasteiger partial charge >= 0.3 is 17.9 Å². The molecule has 4 heterocycles. The van der Waals surface area contributed by atoms with E-state index in [2.05, 4.69) is 19.9 Å². The quantitative estimate of drug-likeness (QED) is 0.0394. The molecule has 0 aromatic heterocycles. The van der Waals surface area contributed by atoms with E-state index >= 15 is 0 Å². The van der Waals surface area contributed by atoms with Gasteiger partial charge in [0.25, 0.3) is 0 Å². The zero-order valence-electron chi connectivity index (χ0n) is 51.2. The monoisotopic (exact) mass is 1250 g/mol. The smallest absolute Gasteiger partial charge is 0.335 e. The van der Waals surface area contributed by atoms with Crippen molar-refractivity contribution in [1.29, 1.82) is 0 Å². The van der Waals surface area contributed by atoms with Crippen molar-refractivity contribution in [1.82, 2.24) is 0 Å². The molecule has 4 saturated carbocycles. The fraction of sp³-hybridized carbons (Fsp3) is 0.883. The first-order chi connectivity index (χ1) is 40.5. The normalized spacial score (nSPS) is 51.3. The third kappa shape index (κ3) is 11.1. The second-order valence-electron chi connectivity index (χ2n) is 28.1. The third-order valence-corrected chi connectivity index (χ3v) is 22.7. The fourth-order valence-corrected chi connectivity index (χ4v) is 17.4. The van der Waals surface area contributed by atoms with Gasteiger partial charge < -0.3 is 119 Å². The van der Waals surface area contributed by atoms with Crippen LogP contribution in [0.25, 0.3) is 0 Å². The van der Waals surface area contributed by atoms with Gasteiger partial charge in [-0.1, -0.05) is 66.2 Å². The highest BCUT2D eigenvalue weighted by atomic mass is 16.8. The van der Waals surface area contributed by atoms with Crippen LogP contribution >= 0.6 is 0 Å². The number of fused-ring (bicyclic) bond motifs is 7. The van der Waals surface area contributed by atoms with Gasteiger partial charge in [0.2, 0.25) is 0 Å². The summed E-state index contributed by atoms with van der Waals surface area (Å²) in [5, 5.41) is 158. The number of ether oxygens (including phenoxy) is 10. The highest BCUT2D eigenvalue weighted by Crippen LogP contribution is 2.76. The number of rotatable bonds is 14. The van der Waals surface area contributed by atoms with Crippen LogP contribution in [0.15, 0.2) is 23.3 Å². The largest absolute Gasteiger partial charge is 0.479 e. The van der Waals surface area contributed by atoms with E-state index < -0.39 is 223 Å². The lowest BCUT2D eigenvalue weighted by Gasteiger charge is -2.73. The molecule has 0 spiro atoms. The van der Waals surface area contributed by atoms with Crippen LogP contribution in [-0.2, 0) is 61.8 Å². The Kier molecular flexibility index (Phi) is 19.5. The molecular formula is C60H94O27. The summed E-state index contributed by atoms with van der Waals surface area (Å²) in [5.74, 6) is -4.17. The minimum absolute atomic E-state index is 0.187. The van der Waals surface area contributed by atoms with E-state index in [1.165, 1.54) is 13.8 Å². The Morgan fingerprint density at radius 1 is 0.655 bits per heavy atom. The van der Waals surface area contributed by atoms with E-state index in [4.69, 9.17) is 47.4 Å². The molecule has 4 aliphatic heterocycles. The predicted octanol–water partition coefficient (Wildman–Crippen LogP) is -1.83. The van der Waals surface area contributed by atoms with Gasteiger partial charge in [0.1, 0.15) is 85.5 Å². The number of aliphatic hydroxyl groups is 13. The molecule has 14 N–H and O–H groups in total. The lowest BCUT2D eigenvalue weighted by atomic mass is 9.32. The Labute approximate surface area is 505 Å². The van der Waals surface area contributed by atoms with Gasteiger partial charge in [0, 0.05) is 23.3 Å². The Morgan fingerprint density at radius 3 is 1.89 bits per heavy atom. The van der Waals surface area contributed by atoms with E-state index in [1.807, 2.05) is 34.6 Å². The van der Waals surface area contributed by atoms with Gasteiger partial charge in [-0.3, -0.25) is 4.79 Å². The van der Waals surface area contributed by atoms with Gasteiger partial charge in [-0.15, -0.1) is 0 Å². The number of allylic oxidation sites excluding steroid dienone is 2. The first kappa shape index (κ1) is 68.4. The number of carboxylic acid groups (broad SMARTS) is 1. The number of carbonyl (C=O) groups is 3. The predicted molar refractivity (Wildman–Crippen MR) is 294 cm³/mol. The molecule has 5 aliphatic carbocycles. The second-order valence-corrected chi connectivity index (χ2v) is 28.1. The van der Waals surface area contributed by atoms with Crippen molar-refractivity contribution in [3.63, 3.8) is 0 Å². The molecule has 0 bridgehead atoms. The molecule has 3 unspecified atom stereocenters. The number of esters is 2. The van der Waals surface area contributed by atoms with Crippen molar-refractivity contribution < 1.29 is 133 Å². The van der Waals surface area contributed by atoms with Crippen LogP contribution in [0.4, 0.5) is 0 Å². The minimum atomic E-state index is -2.24. The summed E-state index contributed by atoms with van der Waals surface area (Å²) in [6.45, 7) is 17.6. The van der Waals surface area contributed by atoms with Crippen LogP contribution < -0.4 is 0 Å². The lowest BCUT2D eigenvalue weighted by molar-refractivity contribution is -0.401. The molecule has 9 aliphatic rings. The number of hydrogen-bond acceptors (Lipinski definition) is 26. The average Bonchev–Trinajstić information content (AvgIpc) is 0.666. The Bertz CT molecular complexity index is 2560. The number of aliphatic carboxylic acids is 1. The average molecular weight is 1250 g/mol. The fourth-order valence-electron chi connectivity index (χ4n) is 17.4. The van der Waals surface area contributed by atoms with Crippen LogP contribution in [0.3, 0.4) is 0 Å². The molecule has 0 aromatic carbocycles. The molecule has 87 heavy (non-hydrogen) atoms. The summed E-state index contributed by atoms with van der Waals surface area (Å²) in [6.07, 6.45) is -35.7. The summed E-state index contributed by atoms with van der Waals surface area (Å²) in [6, 6.07) is 0. The van der Waals surface area contributed by atoms with E-state index in [0.29, 0.717) is 31.3 Å². The third-order valence-electron chi connectivity index (χ3n) is 22.7. The number of hydrogen-bond donors (Lipinski definition) is 14. The molecule has 496 valence electrons. The zero-order valence-corrected chi connectivity index (χ0v) is 51.2. The van der Waals surface area contributed by atoms with Gasteiger partial charge in [-0.05, 0) is 93.3 Å². The summed E-state index contributed by atoms with van der Waals surface area (Å²) >= 11 is 0. The number of aliphatic hydroxyl groups excluding tert-OH is 13. The molecule has 8 fully saturated rings. The lowest BCUT2D eigenvalue weighted by Crippen LogP contribution is -2.76. The molecule has 27 heteroatoms. The van der Waals surface area contributed by atoms with E-state index in [1.54, 1.807) is 19.9 Å². The van der Waals surface area contributed by atoms with Crippen molar-refractivity contribution in [2.75, 3.05) is 19.8 Å². The maximum atomic E-state index is 13.5. The second kappa shape index (κ2) is 24.8. The highest BCUT2D eigenvalue weighted by Gasteiger charge is 2.76. The maximum absolute atomic E-state index is 13.5. The van der Waals surface area contributed by atoms with Crippen molar-refractivity contribution in [3.8, 4) is 0 Å². The van der Waals surface area contributed by atoms with Crippen LogP contribution in [-0.4, -0.2) is 256 Å².